The molecule has 0 aliphatic carbocycles. The number of fused-ring (bicyclic) bond motifs is 6. The van der Waals surface area contributed by atoms with Crippen molar-refractivity contribution in [2.24, 2.45) is 0 Å². The van der Waals surface area contributed by atoms with Crippen molar-refractivity contribution in [2.75, 3.05) is 0 Å². The topological polar surface area (TPSA) is 38.0 Å². The van der Waals surface area contributed by atoms with E-state index in [0.717, 1.165) is 55.4 Å². The Morgan fingerprint density at radius 1 is 0.479 bits per heavy atom. The number of benzene rings is 7. The lowest BCUT2D eigenvalue weighted by atomic mass is 9.97. The van der Waals surface area contributed by atoms with Crippen LogP contribution in [0.1, 0.15) is 5.56 Å². The minimum absolute atomic E-state index is 0.593. The molecular weight excluding hydrogens is 585 g/mol. The summed E-state index contributed by atoms with van der Waals surface area (Å²) >= 11 is 0. The highest BCUT2D eigenvalue weighted by Gasteiger charge is 2.17. The lowest BCUT2D eigenvalue weighted by Crippen LogP contribution is -1.98. The predicted octanol–water partition coefficient (Wildman–Crippen LogP) is 11.6. The van der Waals surface area contributed by atoms with E-state index < -0.39 is 0 Å². The van der Waals surface area contributed by atoms with Crippen LogP contribution in [0.2, 0.25) is 0 Å². The van der Waals surface area contributed by atoms with Crippen molar-refractivity contribution in [3.8, 4) is 39.7 Å². The number of hydrogen-bond donors (Lipinski definition) is 0. The molecule has 0 amide bonds. The van der Waals surface area contributed by atoms with Crippen molar-refractivity contribution < 1.29 is 0 Å². The molecule has 4 heteroatoms. The quantitative estimate of drug-likeness (QED) is 0.183. The van der Waals surface area contributed by atoms with Crippen molar-refractivity contribution in [3.05, 3.63) is 175 Å². The van der Waals surface area contributed by atoms with E-state index in [0.29, 0.717) is 11.3 Å². The first kappa shape index (κ1) is 27.4. The molecule has 222 valence electrons. The first-order valence-electron chi connectivity index (χ1n) is 15.9. The molecule has 0 radical (unpaired) electrons. The average Bonchev–Trinajstić information content (AvgIpc) is 3.67. The van der Waals surface area contributed by atoms with Crippen molar-refractivity contribution in [3.63, 3.8) is 0 Å². The zero-order valence-corrected chi connectivity index (χ0v) is 25.8. The van der Waals surface area contributed by atoms with Gasteiger partial charge in [-0.25, -0.2) is 4.85 Å². The molecule has 2 aromatic heterocycles. The molecule has 0 saturated carbocycles. The molecule has 0 fully saturated rings. The van der Waals surface area contributed by atoms with Gasteiger partial charge in [0.25, 0.3) is 0 Å². The van der Waals surface area contributed by atoms with Crippen molar-refractivity contribution >= 4 is 49.3 Å². The van der Waals surface area contributed by atoms with Crippen LogP contribution in [0.25, 0.3) is 82.1 Å². The van der Waals surface area contributed by atoms with Gasteiger partial charge in [-0.15, -0.1) is 0 Å². The highest BCUT2D eigenvalue weighted by Crippen LogP contribution is 2.39. The van der Waals surface area contributed by atoms with Gasteiger partial charge in [0, 0.05) is 38.3 Å². The third kappa shape index (κ3) is 4.22. The molecular formula is C44H26N4. The normalized spacial score (nSPS) is 11.3. The maximum Gasteiger partial charge on any atom is 0.189 e. The molecule has 0 atom stereocenters. The van der Waals surface area contributed by atoms with E-state index in [9.17, 15) is 5.26 Å². The lowest BCUT2D eigenvalue weighted by Gasteiger charge is -2.15. The average molecular weight is 611 g/mol. The third-order valence-corrected chi connectivity index (χ3v) is 9.39. The summed E-state index contributed by atoms with van der Waals surface area (Å²) in [7, 11) is 0. The van der Waals surface area contributed by atoms with Crippen LogP contribution in [-0.4, -0.2) is 9.13 Å². The van der Waals surface area contributed by atoms with Crippen LogP contribution in [-0.2, 0) is 0 Å². The fourth-order valence-corrected chi connectivity index (χ4v) is 7.17. The zero-order valence-electron chi connectivity index (χ0n) is 25.8. The van der Waals surface area contributed by atoms with E-state index in [1.54, 1.807) is 0 Å². The van der Waals surface area contributed by atoms with Crippen molar-refractivity contribution in [1.29, 1.82) is 5.26 Å². The summed E-state index contributed by atoms with van der Waals surface area (Å²) in [6.45, 7) is 7.64. The summed E-state index contributed by atoms with van der Waals surface area (Å²) in [5.41, 5.74) is 11.9. The van der Waals surface area contributed by atoms with Gasteiger partial charge in [-0.1, -0.05) is 103 Å². The van der Waals surface area contributed by atoms with Gasteiger partial charge in [-0.3, -0.25) is 0 Å². The predicted molar refractivity (Wildman–Crippen MR) is 197 cm³/mol. The molecule has 9 aromatic rings. The Hall–Kier alpha value is -6.88. The second-order valence-electron chi connectivity index (χ2n) is 12.0. The molecule has 0 aliphatic heterocycles. The van der Waals surface area contributed by atoms with Gasteiger partial charge in [-0.05, 0) is 71.3 Å². The van der Waals surface area contributed by atoms with Crippen LogP contribution in [0.15, 0.2) is 158 Å². The molecule has 0 unspecified atom stereocenters. The summed E-state index contributed by atoms with van der Waals surface area (Å²) in [5, 5.41) is 14.6. The molecule has 0 N–H and O–H groups in total. The summed E-state index contributed by atoms with van der Waals surface area (Å²) in [6, 6.07) is 56.8. The van der Waals surface area contributed by atoms with Gasteiger partial charge in [0.15, 0.2) is 5.69 Å². The minimum atomic E-state index is 0.593. The Morgan fingerprint density at radius 2 is 1.00 bits per heavy atom. The molecule has 0 bridgehead atoms. The molecule has 0 aliphatic rings. The fraction of sp³-hybridized carbons (Fsp3) is 0. The fourth-order valence-electron chi connectivity index (χ4n) is 7.17. The Balaban J connectivity index is 1.13. The number of aromatic nitrogens is 2. The van der Waals surface area contributed by atoms with Crippen LogP contribution in [0.5, 0.6) is 0 Å². The zero-order chi connectivity index (χ0) is 32.2. The van der Waals surface area contributed by atoms with E-state index in [-0.39, 0.29) is 0 Å². The van der Waals surface area contributed by atoms with Crippen molar-refractivity contribution in [1.82, 2.24) is 9.13 Å². The molecule has 0 spiro atoms. The third-order valence-electron chi connectivity index (χ3n) is 9.39. The van der Waals surface area contributed by atoms with Gasteiger partial charge in [0.1, 0.15) is 0 Å². The largest absolute Gasteiger partial charge is 0.310 e. The second kappa shape index (κ2) is 10.9. The van der Waals surface area contributed by atoms with E-state index in [4.69, 9.17) is 6.57 Å². The van der Waals surface area contributed by atoms with Crippen LogP contribution < -0.4 is 0 Å². The second-order valence-corrected chi connectivity index (χ2v) is 12.0. The number of hydrogen-bond acceptors (Lipinski definition) is 1. The maximum atomic E-state index is 9.85. The monoisotopic (exact) mass is 610 g/mol. The van der Waals surface area contributed by atoms with Crippen LogP contribution in [0.3, 0.4) is 0 Å². The molecule has 2 heterocycles. The van der Waals surface area contributed by atoms with Gasteiger partial charge >= 0.3 is 0 Å². The number of rotatable bonds is 4. The highest BCUT2D eigenvalue weighted by atomic mass is 15.0. The van der Waals surface area contributed by atoms with E-state index >= 15 is 0 Å². The van der Waals surface area contributed by atoms with E-state index in [1.807, 2.05) is 48.5 Å². The Labute approximate surface area is 277 Å². The highest BCUT2D eigenvalue weighted by molar-refractivity contribution is 6.11. The van der Waals surface area contributed by atoms with Gasteiger partial charge in [0.05, 0.1) is 40.4 Å². The van der Waals surface area contributed by atoms with Crippen LogP contribution in [0, 0.1) is 17.9 Å². The van der Waals surface area contributed by atoms with Gasteiger partial charge < -0.3 is 9.13 Å². The molecule has 4 nitrogen and oxygen atoms in total. The Morgan fingerprint density at radius 3 is 1.58 bits per heavy atom. The summed E-state index contributed by atoms with van der Waals surface area (Å²) in [6.07, 6.45) is 0. The van der Waals surface area contributed by atoms with E-state index in [2.05, 4.69) is 129 Å². The molecule has 0 saturated heterocycles. The van der Waals surface area contributed by atoms with Crippen molar-refractivity contribution in [2.45, 2.75) is 0 Å². The van der Waals surface area contributed by atoms with Crippen LogP contribution >= 0.6 is 0 Å². The van der Waals surface area contributed by atoms with E-state index in [1.165, 1.54) is 21.8 Å². The van der Waals surface area contributed by atoms with Gasteiger partial charge in [-0.2, -0.15) is 5.26 Å². The SMILES string of the molecule is [C-]#[N+]c1ccc2c3ccccc3n(-c3ccc(C#N)cc3-c3ccc(-c4ccc(-n5c6ccccc6c6ccccc65)cc4)cc3)c2c1. The molecule has 9 rings (SSSR count). The molecule has 7 aromatic carbocycles. The smallest absolute Gasteiger partial charge is 0.189 e. The van der Waals surface area contributed by atoms with Gasteiger partial charge in [0.2, 0.25) is 0 Å². The number of nitrogens with zero attached hydrogens (tertiary/aromatic N) is 4. The lowest BCUT2D eigenvalue weighted by molar-refractivity contribution is 1.18. The number of para-hydroxylation sites is 3. The Bertz CT molecular complexity index is 2730. The minimum Gasteiger partial charge on any atom is -0.310 e. The molecule has 48 heavy (non-hydrogen) atoms. The standard InChI is InChI=1S/C44H26N4/c1-46-33-21-24-38-37-10-4-7-13-42(37)48(44(38)27-33)43-25-14-29(28-45)26-39(43)32-17-15-30(16-18-32)31-19-22-34(23-20-31)47-40-11-5-2-8-35(40)36-9-3-6-12-41(36)47/h2-27H. The van der Waals surface area contributed by atoms with Crippen LogP contribution in [0.4, 0.5) is 5.69 Å². The summed E-state index contributed by atoms with van der Waals surface area (Å²) < 4.78 is 4.55. The number of nitriles is 1. The summed E-state index contributed by atoms with van der Waals surface area (Å²) in [5.74, 6) is 0. The Kier molecular flexibility index (Phi) is 6.22. The first-order valence-corrected chi connectivity index (χ1v) is 15.9. The maximum absolute atomic E-state index is 9.85. The summed E-state index contributed by atoms with van der Waals surface area (Å²) in [4.78, 5) is 3.71. The first-order chi connectivity index (χ1) is 23.7.